The minimum absolute atomic E-state index is 0.0948. The van der Waals surface area contributed by atoms with Crippen molar-refractivity contribution >= 4 is 0 Å². The smallest absolute Gasteiger partial charge is 0.137 e. The fourth-order valence-corrected chi connectivity index (χ4v) is 3.15. The summed E-state index contributed by atoms with van der Waals surface area (Å²) in [5.41, 5.74) is 1.23. The van der Waals surface area contributed by atoms with Crippen molar-refractivity contribution in [3.8, 4) is 0 Å². The maximum absolute atomic E-state index is 6.01. The lowest BCUT2D eigenvalue weighted by Crippen LogP contribution is -2.33. The van der Waals surface area contributed by atoms with Crippen molar-refractivity contribution in [2.75, 3.05) is 13.2 Å². The minimum atomic E-state index is 0.0948. The highest BCUT2D eigenvalue weighted by Crippen LogP contribution is 2.32. The fourth-order valence-electron chi connectivity index (χ4n) is 3.15. The first-order chi connectivity index (χ1) is 10.8. The van der Waals surface area contributed by atoms with Crippen LogP contribution < -0.4 is 5.32 Å². The van der Waals surface area contributed by atoms with E-state index in [9.17, 15) is 0 Å². The SMILES string of the molecule is CCn1cncc1CNC[C@@H]1CCCO[C@H]1c1nccn1C. The van der Waals surface area contributed by atoms with Gasteiger partial charge in [-0.2, -0.15) is 0 Å². The molecule has 0 aliphatic carbocycles. The molecule has 1 fully saturated rings. The molecule has 1 saturated heterocycles. The van der Waals surface area contributed by atoms with Crippen molar-refractivity contribution in [2.45, 2.75) is 39.0 Å². The van der Waals surface area contributed by atoms with Gasteiger partial charge in [0.25, 0.3) is 0 Å². The summed E-state index contributed by atoms with van der Waals surface area (Å²) >= 11 is 0. The molecule has 1 N–H and O–H groups in total. The highest BCUT2D eigenvalue weighted by atomic mass is 16.5. The highest BCUT2D eigenvalue weighted by molar-refractivity contribution is 5.01. The first kappa shape index (κ1) is 15.2. The van der Waals surface area contributed by atoms with Crippen LogP contribution >= 0.6 is 0 Å². The Hall–Kier alpha value is -1.66. The summed E-state index contributed by atoms with van der Waals surface area (Å²) < 4.78 is 10.2. The normalized spacial score (nSPS) is 22.1. The zero-order valence-electron chi connectivity index (χ0n) is 13.4. The average molecular weight is 303 g/mol. The Bertz CT molecular complexity index is 591. The van der Waals surface area contributed by atoms with Crippen LogP contribution in [0.2, 0.25) is 0 Å². The summed E-state index contributed by atoms with van der Waals surface area (Å²) in [5.74, 6) is 1.50. The molecule has 0 aromatic carbocycles. The van der Waals surface area contributed by atoms with Gasteiger partial charge in [0.15, 0.2) is 0 Å². The number of aromatic nitrogens is 4. The van der Waals surface area contributed by atoms with Gasteiger partial charge in [-0.15, -0.1) is 0 Å². The average Bonchev–Trinajstić information content (AvgIpc) is 3.16. The van der Waals surface area contributed by atoms with E-state index >= 15 is 0 Å². The Morgan fingerprint density at radius 1 is 1.45 bits per heavy atom. The summed E-state index contributed by atoms with van der Waals surface area (Å²) in [7, 11) is 2.03. The summed E-state index contributed by atoms with van der Waals surface area (Å²) in [6, 6.07) is 0. The van der Waals surface area contributed by atoms with Crippen LogP contribution in [0.4, 0.5) is 0 Å². The van der Waals surface area contributed by atoms with E-state index in [0.29, 0.717) is 5.92 Å². The number of nitrogens with zero attached hydrogens (tertiary/aromatic N) is 4. The summed E-state index contributed by atoms with van der Waals surface area (Å²) in [6.07, 6.45) is 10.0. The lowest BCUT2D eigenvalue weighted by atomic mass is 9.93. The van der Waals surface area contributed by atoms with E-state index in [1.54, 1.807) is 0 Å². The molecule has 3 rings (SSSR count). The Balaban J connectivity index is 1.59. The second-order valence-corrected chi connectivity index (χ2v) is 5.89. The number of nitrogens with one attached hydrogen (secondary N) is 1. The molecule has 2 aromatic heterocycles. The Morgan fingerprint density at radius 3 is 3.14 bits per heavy atom. The van der Waals surface area contributed by atoms with Crippen molar-refractivity contribution in [1.82, 2.24) is 24.4 Å². The van der Waals surface area contributed by atoms with Gasteiger partial charge < -0.3 is 19.2 Å². The second-order valence-electron chi connectivity index (χ2n) is 5.89. The third-order valence-electron chi connectivity index (χ3n) is 4.41. The van der Waals surface area contributed by atoms with Crippen LogP contribution in [0.15, 0.2) is 24.9 Å². The van der Waals surface area contributed by atoms with Gasteiger partial charge in [-0.1, -0.05) is 0 Å². The Labute approximate surface area is 131 Å². The van der Waals surface area contributed by atoms with Crippen molar-refractivity contribution in [2.24, 2.45) is 13.0 Å². The van der Waals surface area contributed by atoms with Gasteiger partial charge >= 0.3 is 0 Å². The largest absolute Gasteiger partial charge is 0.370 e. The molecule has 2 aromatic rings. The van der Waals surface area contributed by atoms with E-state index in [4.69, 9.17) is 4.74 Å². The lowest BCUT2D eigenvalue weighted by molar-refractivity contribution is -0.0344. The maximum Gasteiger partial charge on any atom is 0.137 e. The molecule has 0 unspecified atom stereocenters. The molecule has 0 amide bonds. The Kier molecular flexibility index (Phi) is 4.90. The van der Waals surface area contributed by atoms with E-state index in [0.717, 1.165) is 38.5 Å². The summed E-state index contributed by atoms with van der Waals surface area (Å²) in [4.78, 5) is 8.68. The predicted molar refractivity (Wildman–Crippen MR) is 84.2 cm³/mol. The van der Waals surface area contributed by atoms with Gasteiger partial charge in [-0.3, -0.25) is 0 Å². The molecular weight excluding hydrogens is 278 g/mol. The molecule has 3 heterocycles. The molecule has 6 heteroatoms. The monoisotopic (exact) mass is 303 g/mol. The number of hydrogen-bond acceptors (Lipinski definition) is 4. The summed E-state index contributed by atoms with van der Waals surface area (Å²) in [6.45, 7) is 5.71. The number of aryl methyl sites for hydroxylation is 2. The van der Waals surface area contributed by atoms with Crippen LogP contribution in [0.1, 0.15) is 37.4 Å². The van der Waals surface area contributed by atoms with E-state index < -0.39 is 0 Å². The zero-order valence-corrected chi connectivity index (χ0v) is 13.4. The van der Waals surface area contributed by atoms with Crippen LogP contribution in [0, 0.1) is 5.92 Å². The molecule has 22 heavy (non-hydrogen) atoms. The Morgan fingerprint density at radius 2 is 2.36 bits per heavy atom. The third kappa shape index (κ3) is 3.23. The van der Waals surface area contributed by atoms with Gasteiger partial charge in [0, 0.05) is 57.8 Å². The summed E-state index contributed by atoms with van der Waals surface area (Å²) in [5, 5.41) is 3.57. The molecule has 2 atom stereocenters. The van der Waals surface area contributed by atoms with Crippen LogP contribution in [0.25, 0.3) is 0 Å². The van der Waals surface area contributed by atoms with Crippen LogP contribution in [-0.2, 0) is 24.9 Å². The van der Waals surface area contributed by atoms with Gasteiger partial charge in [0.2, 0.25) is 0 Å². The van der Waals surface area contributed by atoms with Gasteiger partial charge in [0.05, 0.1) is 12.0 Å². The first-order valence-corrected chi connectivity index (χ1v) is 8.08. The first-order valence-electron chi connectivity index (χ1n) is 8.08. The number of imidazole rings is 2. The fraction of sp³-hybridized carbons (Fsp3) is 0.625. The maximum atomic E-state index is 6.01. The van der Waals surface area contributed by atoms with Crippen molar-refractivity contribution < 1.29 is 4.74 Å². The van der Waals surface area contributed by atoms with E-state index in [1.165, 1.54) is 12.1 Å². The van der Waals surface area contributed by atoms with E-state index in [-0.39, 0.29) is 6.10 Å². The number of hydrogen-bond donors (Lipinski definition) is 1. The molecular formula is C16H25N5O. The predicted octanol–water partition coefficient (Wildman–Crippen LogP) is 1.89. The van der Waals surface area contributed by atoms with Gasteiger partial charge in [-0.05, 0) is 19.8 Å². The molecule has 6 nitrogen and oxygen atoms in total. The highest BCUT2D eigenvalue weighted by Gasteiger charge is 2.29. The third-order valence-corrected chi connectivity index (χ3v) is 4.41. The molecule has 0 spiro atoms. The second kappa shape index (κ2) is 7.07. The van der Waals surface area contributed by atoms with Crippen LogP contribution in [0.3, 0.4) is 0 Å². The molecule has 0 saturated carbocycles. The topological polar surface area (TPSA) is 56.9 Å². The molecule has 0 radical (unpaired) electrons. The molecule has 1 aliphatic rings. The lowest BCUT2D eigenvalue weighted by Gasteiger charge is -2.31. The number of rotatable bonds is 6. The molecule has 120 valence electrons. The quantitative estimate of drug-likeness (QED) is 0.885. The van der Waals surface area contributed by atoms with Crippen LogP contribution in [0.5, 0.6) is 0 Å². The molecule has 1 aliphatic heterocycles. The van der Waals surface area contributed by atoms with Crippen LogP contribution in [-0.4, -0.2) is 32.3 Å². The van der Waals surface area contributed by atoms with Crippen molar-refractivity contribution in [3.05, 3.63) is 36.4 Å². The van der Waals surface area contributed by atoms with Crippen molar-refractivity contribution in [1.29, 1.82) is 0 Å². The zero-order chi connectivity index (χ0) is 15.4. The van der Waals surface area contributed by atoms with E-state index in [1.807, 2.05) is 32.0 Å². The van der Waals surface area contributed by atoms with Gasteiger partial charge in [0.1, 0.15) is 11.9 Å². The van der Waals surface area contributed by atoms with Gasteiger partial charge in [-0.25, -0.2) is 9.97 Å². The number of ether oxygens (including phenoxy) is 1. The van der Waals surface area contributed by atoms with E-state index in [2.05, 4.69) is 31.3 Å². The van der Waals surface area contributed by atoms with Crippen molar-refractivity contribution in [3.63, 3.8) is 0 Å². The standard InChI is InChI=1S/C16H25N5O/c1-3-21-12-18-11-14(21)10-17-9-13-5-4-8-22-15(13)16-19-6-7-20(16)2/h6-7,11-13,15,17H,3-5,8-10H2,1-2H3/t13-,15+/m0/s1. The molecule has 0 bridgehead atoms. The minimum Gasteiger partial charge on any atom is -0.370 e.